The number of hydrogen-bond donors (Lipinski definition) is 0. The molecule has 86 valence electrons. The van der Waals surface area contributed by atoms with Gasteiger partial charge in [-0.25, -0.2) is 0 Å². The molecule has 0 nitrogen and oxygen atoms in total. The van der Waals surface area contributed by atoms with E-state index in [1.165, 1.54) is 31.3 Å². The molecular formula is C15H26. The van der Waals surface area contributed by atoms with Gasteiger partial charge in [0.15, 0.2) is 0 Å². The van der Waals surface area contributed by atoms with Gasteiger partial charge < -0.3 is 0 Å². The van der Waals surface area contributed by atoms with Gasteiger partial charge in [0.2, 0.25) is 0 Å². The van der Waals surface area contributed by atoms with Crippen LogP contribution in [0.4, 0.5) is 0 Å². The average molecular weight is 206 g/mol. The normalized spacial score (nSPS) is 12.7. The summed E-state index contributed by atoms with van der Waals surface area (Å²) < 4.78 is 0. The van der Waals surface area contributed by atoms with Crippen molar-refractivity contribution in [2.45, 2.75) is 53.4 Å². The third-order valence-corrected chi connectivity index (χ3v) is 2.95. The van der Waals surface area contributed by atoms with Crippen molar-refractivity contribution in [3.63, 3.8) is 0 Å². The summed E-state index contributed by atoms with van der Waals surface area (Å²) in [6.07, 6.45) is 11.6. The van der Waals surface area contributed by atoms with E-state index in [2.05, 4.69) is 45.6 Å². The molecule has 0 saturated carbocycles. The second-order valence-corrected chi connectivity index (χ2v) is 4.26. The summed E-state index contributed by atoms with van der Waals surface area (Å²) in [5, 5.41) is 0. The fraction of sp³-hybridized carbons (Fsp3) is 0.600. The Bertz CT molecular complexity index is 226. The van der Waals surface area contributed by atoms with Crippen molar-refractivity contribution >= 4 is 0 Å². The molecule has 0 spiro atoms. The summed E-state index contributed by atoms with van der Waals surface area (Å²) in [6, 6.07) is 0. The summed E-state index contributed by atoms with van der Waals surface area (Å²) in [7, 11) is 0. The first-order valence-electron chi connectivity index (χ1n) is 6.12. The lowest BCUT2D eigenvalue weighted by Crippen LogP contribution is -1.96. The summed E-state index contributed by atoms with van der Waals surface area (Å²) in [6.45, 7) is 12.6. The molecule has 0 aliphatic carbocycles. The van der Waals surface area contributed by atoms with Gasteiger partial charge in [0.05, 0.1) is 0 Å². The van der Waals surface area contributed by atoms with E-state index in [0.717, 1.165) is 11.5 Å². The molecule has 0 aliphatic heterocycles. The molecule has 0 aromatic rings. The molecule has 0 aromatic carbocycles. The highest BCUT2D eigenvalue weighted by Gasteiger charge is 2.03. The molecule has 0 heteroatoms. The zero-order valence-electron chi connectivity index (χ0n) is 10.8. The number of rotatable bonds is 7. The summed E-state index contributed by atoms with van der Waals surface area (Å²) in [5.74, 6) is 0.887. The predicted molar refractivity (Wildman–Crippen MR) is 71.0 cm³/mol. The van der Waals surface area contributed by atoms with Crippen LogP contribution in [0.1, 0.15) is 53.4 Å². The second-order valence-electron chi connectivity index (χ2n) is 4.26. The first kappa shape index (κ1) is 14.2. The Hall–Kier alpha value is -0.780. The first-order valence-corrected chi connectivity index (χ1v) is 6.12. The smallest absolute Gasteiger partial charge is 0.0280 e. The summed E-state index contributed by atoms with van der Waals surface area (Å²) in [4.78, 5) is 0. The molecule has 0 heterocycles. The zero-order valence-corrected chi connectivity index (χ0v) is 10.8. The topological polar surface area (TPSA) is 0 Å². The van der Waals surface area contributed by atoms with Crippen LogP contribution in [0.25, 0.3) is 0 Å². The maximum Gasteiger partial charge on any atom is -0.0280 e. The van der Waals surface area contributed by atoms with Gasteiger partial charge >= 0.3 is 0 Å². The minimum atomic E-state index is 0.887. The number of hydrogen-bond acceptors (Lipinski definition) is 0. The Morgan fingerprint density at radius 3 is 2.20 bits per heavy atom. The Balaban J connectivity index is 4.07. The van der Waals surface area contributed by atoms with Crippen LogP contribution in [-0.4, -0.2) is 0 Å². The lowest BCUT2D eigenvalue weighted by molar-refractivity contribution is 0.457. The van der Waals surface area contributed by atoms with Crippen molar-refractivity contribution in [2.24, 2.45) is 5.92 Å². The van der Waals surface area contributed by atoms with Crippen molar-refractivity contribution in [1.29, 1.82) is 0 Å². The van der Waals surface area contributed by atoms with Gasteiger partial charge in [0.25, 0.3) is 0 Å². The molecule has 0 aliphatic rings. The van der Waals surface area contributed by atoms with Gasteiger partial charge in [-0.1, -0.05) is 62.6 Å². The molecule has 0 unspecified atom stereocenters. The highest BCUT2D eigenvalue weighted by Crippen LogP contribution is 2.19. The van der Waals surface area contributed by atoms with E-state index in [-0.39, 0.29) is 0 Å². The van der Waals surface area contributed by atoms with Crippen molar-refractivity contribution in [3.8, 4) is 0 Å². The number of allylic oxidation sites excluding steroid dienone is 5. The molecule has 0 radical (unpaired) electrons. The largest absolute Gasteiger partial charge is 0.0961 e. The van der Waals surface area contributed by atoms with E-state index in [0.29, 0.717) is 0 Å². The van der Waals surface area contributed by atoms with Crippen LogP contribution in [0.5, 0.6) is 0 Å². The van der Waals surface area contributed by atoms with Gasteiger partial charge in [-0.05, 0) is 32.6 Å². The minimum Gasteiger partial charge on any atom is -0.0961 e. The van der Waals surface area contributed by atoms with Gasteiger partial charge in [0.1, 0.15) is 0 Å². The van der Waals surface area contributed by atoms with E-state index in [9.17, 15) is 0 Å². The molecule has 0 amide bonds. The van der Waals surface area contributed by atoms with Gasteiger partial charge in [-0.15, -0.1) is 0 Å². The van der Waals surface area contributed by atoms with Gasteiger partial charge in [-0.3, -0.25) is 0 Å². The monoisotopic (exact) mass is 206 g/mol. The fourth-order valence-electron chi connectivity index (χ4n) is 1.64. The Morgan fingerprint density at radius 1 is 1.20 bits per heavy atom. The Morgan fingerprint density at radius 2 is 1.80 bits per heavy atom. The molecule has 0 saturated heterocycles. The third-order valence-electron chi connectivity index (χ3n) is 2.95. The lowest BCUT2D eigenvalue weighted by atomic mass is 9.94. The van der Waals surface area contributed by atoms with Crippen LogP contribution in [0, 0.1) is 5.92 Å². The summed E-state index contributed by atoms with van der Waals surface area (Å²) >= 11 is 0. The minimum absolute atomic E-state index is 0.887. The maximum absolute atomic E-state index is 3.87. The highest BCUT2D eigenvalue weighted by atomic mass is 14.1. The summed E-state index contributed by atoms with van der Waals surface area (Å²) in [5.41, 5.74) is 2.56. The molecule has 15 heavy (non-hydrogen) atoms. The molecule has 0 rings (SSSR count). The highest BCUT2D eigenvalue weighted by molar-refractivity contribution is 5.24. The third kappa shape index (κ3) is 7.18. The van der Waals surface area contributed by atoms with Gasteiger partial charge in [-0.2, -0.15) is 0 Å². The molecular weight excluding hydrogens is 180 g/mol. The Kier molecular flexibility index (Phi) is 8.08. The van der Waals surface area contributed by atoms with Crippen LogP contribution < -0.4 is 0 Å². The second kappa shape index (κ2) is 8.52. The van der Waals surface area contributed by atoms with Crippen molar-refractivity contribution in [3.05, 3.63) is 36.0 Å². The predicted octanol–water partition coefficient (Wildman–Crippen LogP) is 5.28. The van der Waals surface area contributed by atoms with Crippen molar-refractivity contribution in [1.82, 2.24) is 0 Å². The molecule has 0 aromatic heterocycles. The maximum atomic E-state index is 3.87. The standard InChI is InChI=1S/C15H26/c1-6-14(7-2)11-12-15(8-3)10-9-13(4)5/h8-10,14H,4,6-7,11-12H2,1-3,5H3/b10-9-,15-8+. The van der Waals surface area contributed by atoms with Crippen molar-refractivity contribution in [2.75, 3.05) is 0 Å². The van der Waals surface area contributed by atoms with E-state index in [1.54, 1.807) is 0 Å². The van der Waals surface area contributed by atoms with Crippen LogP contribution in [0.15, 0.2) is 36.0 Å². The van der Waals surface area contributed by atoms with E-state index < -0.39 is 0 Å². The quantitative estimate of drug-likeness (QED) is 0.497. The van der Waals surface area contributed by atoms with Crippen molar-refractivity contribution < 1.29 is 0 Å². The zero-order chi connectivity index (χ0) is 11.7. The van der Waals surface area contributed by atoms with Crippen LogP contribution in [0.2, 0.25) is 0 Å². The van der Waals surface area contributed by atoms with Crippen LogP contribution in [0.3, 0.4) is 0 Å². The Labute approximate surface area is 95.8 Å². The van der Waals surface area contributed by atoms with E-state index in [4.69, 9.17) is 0 Å². The molecule has 0 atom stereocenters. The van der Waals surface area contributed by atoms with E-state index >= 15 is 0 Å². The SMILES string of the molecule is C=C(C)/C=C\C(=C/C)CCC(CC)CC. The molecule has 0 bridgehead atoms. The lowest BCUT2D eigenvalue weighted by Gasteiger charge is -2.11. The average Bonchev–Trinajstić information content (AvgIpc) is 2.23. The van der Waals surface area contributed by atoms with E-state index in [1.807, 2.05) is 6.92 Å². The molecule has 0 N–H and O–H groups in total. The van der Waals surface area contributed by atoms with Gasteiger partial charge in [0, 0.05) is 0 Å². The van der Waals surface area contributed by atoms with Crippen LogP contribution >= 0.6 is 0 Å². The molecule has 0 fully saturated rings. The first-order chi connectivity index (χ1) is 7.13. The fourth-order valence-corrected chi connectivity index (χ4v) is 1.64. The van der Waals surface area contributed by atoms with Crippen LogP contribution in [-0.2, 0) is 0 Å².